The predicted molar refractivity (Wildman–Crippen MR) is 106 cm³/mol. The second-order valence-electron chi connectivity index (χ2n) is 7.08. The molecule has 136 valence electrons. The van der Waals surface area contributed by atoms with E-state index in [0.717, 1.165) is 18.4 Å². The summed E-state index contributed by atoms with van der Waals surface area (Å²) in [6.45, 7) is 2.82. The largest absolute Gasteiger partial charge is 0.331 e. The van der Waals surface area contributed by atoms with E-state index in [0.29, 0.717) is 5.56 Å². The van der Waals surface area contributed by atoms with Crippen molar-refractivity contribution in [3.63, 3.8) is 0 Å². The highest BCUT2D eigenvalue weighted by molar-refractivity contribution is 6.45. The molecule has 0 N–H and O–H groups in total. The highest BCUT2D eigenvalue weighted by atomic mass is 16.7. The topological polar surface area (TPSA) is 55.7 Å². The molecule has 0 amide bonds. The minimum Gasteiger partial charge on any atom is -0.318 e. The minimum absolute atomic E-state index is 0.163. The summed E-state index contributed by atoms with van der Waals surface area (Å²) in [6, 6.07) is 14.2. The summed E-state index contributed by atoms with van der Waals surface area (Å²) in [5.41, 5.74) is 8.29. The van der Waals surface area contributed by atoms with Crippen molar-refractivity contribution in [2.45, 2.75) is 39.5 Å². The molecule has 2 aliphatic rings. The normalized spacial score (nSPS) is 15.6. The SMILES string of the molecule is CC(=O)O/N=C(/C)C(=O)c1ccc2c(c1)C(=C1CCCC1)c1ccccc1-2. The Morgan fingerprint density at radius 3 is 2.26 bits per heavy atom. The van der Waals surface area contributed by atoms with Crippen LogP contribution < -0.4 is 0 Å². The monoisotopic (exact) mass is 359 g/mol. The van der Waals surface area contributed by atoms with Crippen molar-refractivity contribution < 1.29 is 14.4 Å². The third-order valence-corrected chi connectivity index (χ3v) is 5.24. The van der Waals surface area contributed by atoms with E-state index in [1.54, 1.807) is 6.92 Å². The van der Waals surface area contributed by atoms with Crippen LogP contribution in [-0.2, 0) is 9.63 Å². The van der Waals surface area contributed by atoms with Crippen molar-refractivity contribution in [2.24, 2.45) is 5.16 Å². The smallest absolute Gasteiger partial charge is 0.318 e. The van der Waals surface area contributed by atoms with E-state index < -0.39 is 5.97 Å². The highest BCUT2D eigenvalue weighted by Gasteiger charge is 2.28. The van der Waals surface area contributed by atoms with Crippen LogP contribution in [0.3, 0.4) is 0 Å². The minimum atomic E-state index is -0.542. The lowest BCUT2D eigenvalue weighted by molar-refractivity contribution is -0.140. The van der Waals surface area contributed by atoms with Crippen molar-refractivity contribution in [1.29, 1.82) is 0 Å². The summed E-state index contributed by atoms with van der Waals surface area (Å²) in [5.74, 6) is -0.773. The van der Waals surface area contributed by atoms with Gasteiger partial charge in [0.15, 0.2) is 0 Å². The number of carbonyl (C=O) groups excluding carboxylic acids is 2. The van der Waals surface area contributed by atoms with Gasteiger partial charge in [-0.2, -0.15) is 0 Å². The Labute approximate surface area is 158 Å². The average Bonchev–Trinajstić information content (AvgIpc) is 3.30. The molecule has 0 bridgehead atoms. The molecule has 0 radical (unpaired) electrons. The first-order valence-electron chi connectivity index (χ1n) is 9.29. The van der Waals surface area contributed by atoms with E-state index in [1.807, 2.05) is 18.2 Å². The molecule has 0 atom stereocenters. The number of nitrogens with zero attached hydrogens (tertiary/aromatic N) is 1. The van der Waals surface area contributed by atoms with Crippen molar-refractivity contribution in [3.8, 4) is 11.1 Å². The van der Waals surface area contributed by atoms with Crippen LogP contribution in [0.15, 0.2) is 53.2 Å². The number of rotatable bonds is 3. The van der Waals surface area contributed by atoms with Gasteiger partial charge in [0.25, 0.3) is 0 Å². The summed E-state index contributed by atoms with van der Waals surface area (Å²) in [4.78, 5) is 28.3. The van der Waals surface area contributed by atoms with Gasteiger partial charge in [-0.3, -0.25) is 4.79 Å². The van der Waals surface area contributed by atoms with Crippen LogP contribution in [0.25, 0.3) is 16.7 Å². The Morgan fingerprint density at radius 2 is 1.56 bits per heavy atom. The Bertz CT molecular complexity index is 1010. The Hall–Kier alpha value is -3.01. The second-order valence-corrected chi connectivity index (χ2v) is 7.08. The van der Waals surface area contributed by atoms with Gasteiger partial charge in [0.05, 0.1) is 0 Å². The molecular weight excluding hydrogens is 338 g/mol. The van der Waals surface area contributed by atoms with E-state index in [-0.39, 0.29) is 11.5 Å². The number of oxime groups is 1. The van der Waals surface area contributed by atoms with Crippen LogP contribution in [0.5, 0.6) is 0 Å². The van der Waals surface area contributed by atoms with Gasteiger partial charge < -0.3 is 4.84 Å². The van der Waals surface area contributed by atoms with Crippen LogP contribution in [0, 0.1) is 0 Å². The molecule has 4 nitrogen and oxygen atoms in total. The van der Waals surface area contributed by atoms with E-state index in [1.165, 1.54) is 47.6 Å². The first-order valence-corrected chi connectivity index (χ1v) is 9.29. The first-order chi connectivity index (χ1) is 13.1. The number of hydrogen-bond acceptors (Lipinski definition) is 4. The molecule has 2 aromatic carbocycles. The van der Waals surface area contributed by atoms with E-state index in [2.05, 4.69) is 34.3 Å². The van der Waals surface area contributed by atoms with Crippen LogP contribution in [0.1, 0.15) is 61.0 Å². The molecule has 1 fully saturated rings. The van der Waals surface area contributed by atoms with Crippen molar-refractivity contribution >= 4 is 23.0 Å². The lowest BCUT2D eigenvalue weighted by Gasteiger charge is -2.09. The molecule has 0 saturated heterocycles. The third kappa shape index (κ3) is 3.12. The molecule has 2 aromatic rings. The van der Waals surface area contributed by atoms with E-state index >= 15 is 0 Å². The number of carbonyl (C=O) groups is 2. The zero-order valence-corrected chi connectivity index (χ0v) is 15.5. The molecule has 4 rings (SSSR count). The van der Waals surface area contributed by atoms with Crippen molar-refractivity contribution in [2.75, 3.05) is 0 Å². The predicted octanol–water partition coefficient (Wildman–Crippen LogP) is 5.16. The quantitative estimate of drug-likeness (QED) is 0.281. The number of hydrogen-bond donors (Lipinski definition) is 0. The fraction of sp³-hybridized carbons (Fsp3) is 0.261. The lowest BCUT2D eigenvalue weighted by atomic mass is 9.94. The van der Waals surface area contributed by atoms with Crippen LogP contribution in [0.4, 0.5) is 0 Å². The molecule has 4 heteroatoms. The number of ketones is 1. The highest BCUT2D eigenvalue weighted by Crippen LogP contribution is 2.48. The number of fused-ring (bicyclic) bond motifs is 3. The Balaban J connectivity index is 1.80. The molecule has 0 aliphatic heterocycles. The van der Waals surface area contributed by atoms with Crippen molar-refractivity contribution in [1.82, 2.24) is 0 Å². The molecule has 1 saturated carbocycles. The lowest BCUT2D eigenvalue weighted by Crippen LogP contribution is -2.12. The van der Waals surface area contributed by atoms with Gasteiger partial charge in [0.2, 0.25) is 5.78 Å². The second kappa shape index (κ2) is 6.95. The fourth-order valence-corrected chi connectivity index (χ4v) is 4.02. The summed E-state index contributed by atoms with van der Waals surface area (Å²) in [5, 5.41) is 3.64. The van der Waals surface area contributed by atoms with Gasteiger partial charge in [-0.1, -0.05) is 47.1 Å². The summed E-state index contributed by atoms with van der Waals surface area (Å²) >= 11 is 0. The average molecular weight is 359 g/mol. The molecule has 0 spiro atoms. The summed E-state index contributed by atoms with van der Waals surface area (Å²) < 4.78 is 0. The Kier molecular flexibility index (Phi) is 4.48. The molecule has 0 unspecified atom stereocenters. The maximum atomic E-state index is 12.7. The molecule has 27 heavy (non-hydrogen) atoms. The standard InChI is InChI=1S/C23H21NO3/c1-14(24-27-15(2)25)23(26)17-11-12-19-18-9-5-6-10-20(18)22(21(19)13-17)16-7-3-4-8-16/h5-6,9-13H,3-4,7-8H2,1-2H3/b24-14-. The number of allylic oxidation sites excluding steroid dienone is 1. The first kappa shape index (κ1) is 17.4. The maximum absolute atomic E-state index is 12.7. The van der Waals surface area contributed by atoms with Gasteiger partial charge in [-0.15, -0.1) is 0 Å². The van der Waals surface area contributed by atoms with Crippen LogP contribution in [-0.4, -0.2) is 17.5 Å². The van der Waals surface area contributed by atoms with E-state index in [4.69, 9.17) is 0 Å². The van der Waals surface area contributed by atoms with Gasteiger partial charge in [0, 0.05) is 12.5 Å². The van der Waals surface area contributed by atoms with E-state index in [9.17, 15) is 9.59 Å². The molecule has 0 aromatic heterocycles. The molecule has 0 heterocycles. The Morgan fingerprint density at radius 1 is 0.889 bits per heavy atom. The summed E-state index contributed by atoms with van der Waals surface area (Å²) in [6.07, 6.45) is 4.69. The van der Waals surface area contributed by atoms with Crippen molar-refractivity contribution in [3.05, 3.63) is 64.7 Å². The zero-order chi connectivity index (χ0) is 19.0. The van der Waals surface area contributed by atoms with Gasteiger partial charge in [-0.25, -0.2) is 4.79 Å². The number of Topliss-reactive ketones (excluding diaryl/α,β-unsaturated/α-hetero) is 1. The molecule has 2 aliphatic carbocycles. The third-order valence-electron chi connectivity index (χ3n) is 5.24. The van der Waals surface area contributed by atoms with Crippen LogP contribution >= 0.6 is 0 Å². The number of benzene rings is 2. The van der Waals surface area contributed by atoms with Gasteiger partial charge >= 0.3 is 5.97 Å². The van der Waals surface area contributed by atoms with Gasteiger partial charge in [-0.05, 0) is 66.5 Å². The molecular formula is C23H21NO3. The van der Waals surface area contributed by atoms with Crippen LogP contribution in [0.2, 0.25) is 0 Å². The summed E-state index contributed by atoms with van der Waals surface area (Å²) in [7, 11) is 0. The maximum Gasteiger partial charge on any atom is 0.331 e. The van der Waals surface area contributed by atoms with Gasteiger partial charge in [0.1, 0.15) is 5.71 Å². The fourth-order valence-electron chi connectivity index (χ4n) is 4.02. The zero-order valence-electron chi connectivity index (χ0n) is 15.5.